The van der Waals surface area contributed by atoms with Crippen LogP contribution in [0.4, 0.5) is 0 Å². The maximum Gasteiger partial charge on any atom is 0.191 e. The summed E-state index contributed by atoms with van der Waals surface area (Å²) in [5.41, 5.74) is 1.22. The van der Waals surface area contributed by atoms with E-state index in [1.807, 2.05) is 30.0 Å². The quantitative estimate of drug-likeness (QED) is 0.237. The van der Waals surface area contributed by atoms with Crippen LogP contribution in [-0.4, -0.2) is 43.7 Å². The molecule has 2 atom stereocenters. The summed E-state index contributed by atoms with van der Waals surface area (Å²) < 4.78 is 5.88. The van der Waals surface area contributed by atoms with E-state index in [2.05, 4.69) is 54.8 Å². The van der Waals surface area contributed by atoms with Crippen LogP contribution in [0, 0.1) is 0 Å². The highest BCUT2D eigenvalue weighted by molar-refractivity contribution is 14.0. The number of hydrogen-bond donors (Lipinski definition) is 2. The molecule has 0 saturated heterocycles. The Morgan fingerprint density at radius 3 is 2.54 bits per heavy atom. The molecule has 2 N–H and O–H groups in total. The zero-order valence-electron chi connectivity index (χ0n) is 15.2. The van der Waals surface area contributed by atoms with Gasteiger partial charge in [-0.15, -0.1) is 24.0 Å². The van der Waals surface area contributed by atoms with Crippen molar-refractivity contribution in [1.82, 2.24) is 10.6 Å². The van der Waals surface area contributed by atoms with E-state index in [4.69, 9.17) is 4.74 Å². The Labute approximate surface area is 168 Å². The molecule has 0 aliphatic heterocycles. The van der Waals surface area contributed by atoms with Crippen molar-refractivity contribution in [2.45, 2.75) is 38.5 Å². The summed E-state index contributed by atoms with van der Waals surface area (Å²) in [6, 6.07) is 10.3. The highest BCUT2D eigenvalue weighted by Gasteiger charge is 2.04. The van der Waals surface area contributed by atoms with Gasteiger partial charge in [-0.1, -0.05) is 37.3 Å². The fourth-order valence-corrected chi connectivity index (χ4v) is 2.22. The lowest BCUT2D eigenvalue weighted by molar-refractivity contribution is 0.0646. The molecule has 4 nitrogen and oxygen atoms in total. The predicted octanol–water partition coefficient (Wildman–Crippen LogP) is 4.08. The number of hydrogen-bond acceptors (Lipinski definition) is 3. The third-order valence-corrected chi connectivity index (χ3v) is 4.46. The molecule has 0 bridgehead atoms. The first kappa shape index (κ1) is 23.5. The Kier molecular flexibility index (Phi) is 14.5. The largest absolute Gasteiger partial charge is 0.374 e. The lowest BCUT2D eigenvalue weighted by Crippen LogP contribution is -2.38. The highest BCUT2D eigenvalue weighted by atomic mass is 127. The van der Waals surface area contributed by atoms with Crippen molar-refractivity contribution in [3.63, 3.8) is 0 Å². The van der Waals surface area contributed by atoms with Crippen molar-refractivity contribution in [3.05, 3.63) is 35.9 Å². The number of halogens is 1. The Hall–Kier alpha value is -0.470. The molecule has 0 radical (unpaired) electrons. The summed E-state index contributed by atoms with van der Waals surface area (Å²) in [7, 11) is 0. The van der Waals surface area contributed by atoms with Crippen molar-refractivity contribution in [3.8, 4) is 0 Å². The van der Waals surface area contributed by atoms with Gasteiger partial charge in [-0.3, -0.25) is 4.99 Å². The van der Waals surface area contributed by atoms with E-state index < -0.39 is 0 Å². The molecule has 6 heteroatoms. The first-order valence-corrected chi connectivity index (χ1v) is 9.67. The van der Waals surface area contributed by atoms with Crippen molar-refractivity contribution in [2.75, 3.05) is 32.5 Å². The number of thioether (sulfide) groups is 1. The Morgan fingerprint density at radius 2 is 1.92 bits per heavy atom. The monoisotopic (exact) mass is 465 g/mol. The number of ether oxygens (including phenoxy) is 1. The maximum atomic E-state index is 5.88. The Balaban J connectivity index is 0.00000529. The van der Waals surface area contributed by atoms with Gasteiger partial charge in [0.05, 0.1) is 12.6 Å². The second-order valence-electron chi connectivity index (χ2n) is 5.47. The number of benzene rings is 1. The van der Waals surface area contributed by atoms with E-state index in [1.54, 1.807) is 0 Å². The fourth-order valence-electron chi connectivity index (χ4n) is 2.00. The van der Waals surface area contributed by atoms with Crippen LogP contribution >= 0.6 is 35.7 Å². The smallest absolute Gasteiger partial charge is 0.191 e. The van der Waals surface area contributed by atoms with Gasteiger partial charge in [0.25, 0.3) is 0 Å². The molecule has 24 heavy (non-hydrogen) atoms. The Bertz CT molecular complexity index is 445. The van der Waals surface area contributed by atoms with Crippen LogP contribution in [-0.2, 0) is 4.74 Å². The maximum absolute atomic E-state index is 5.88. The molecular formula is C18H32IN3OS. The van der Waals surface area contributed by atoms with Gasteiger partial charge in [-0.05, 0) is 32.1 Å². The van der Waals surface area contributed by atoms with Gasteiger partial charge in [0.1, 0.15) is 0 Å². The SMILES string of the molecule is CCNC(=NCC(C)SC)NCCCOC(C)c1ccccc1.I. The minimum absolute atomic E-state index is 0. The van der Waals surface area contributed by atoms with E-state index >= 15 is 0 Å². The molecule has 0 aliphatic carbocycles. The fraction of sp³-hybridized carbons (Fsp3) is 0.611. The van der Waals surface area contributed by atoms with E-state index in [0.29, 0.717) is 5.25 Å². The molecule has 0 aliphatic rings. The average Bonchev–Trinajstić information content (AvgIpc) is 2.59. The zero-order chi connectivity index (χ0) is 16.9. The van der Waals surface area contributed by atoms with Crippen LogP contribution in [0.1, 0.15) is 38.9 Å². The lowest BCUT2D eigenvalue weighted by Gasteiger charge is -2.15. The van der Waals surface area contributed by atoms with Crippen molar-refractivity contribution in [2.24, 2.45) is 4.99 Å². The van der Waals surface area contributed by atoms with Crippen LogP contribution < -0.4 is 10.6 Å². The van der Waals surface area contributed by atoms with Crippen LogP contribution in [0.5, 0.6) is 0 Å². The van der Waals surface area contributed by atoms with Gasteiger partial charge in [0, 0.05) is 24.9 Å². The topological polar surface area (TPSA) is 45.7 Å². The molecular weight excluding hydrogens is 433 g/mol. The van der Waals surface area contributed by atoms with Crippen LogP contribution in [0.2, 0.25) is 0 Å². The van der Waals surface area contributed by atoms with E-state index in [0.717, 1.165) is 38.6 Å². The van der Waals surface area contributed by atoms with E-state index in [9.17, 15) is 0 Å². The molecule has 0 saturated carbocycles. The summed E-state index contributed by atoms with van der Waals surface area (Å²) >= 11 is 1.84. The molecule has 1 aromatic rings. The second kappa shape index (κ2) is 14.8. The summed E-state index contributed by atoms with van der Waals surface area (Å²) in [5, 5.41) is 7.18. The molecule has 0 aromatic heterocycles. The lowest BCUT2D eigenvalue weighted by atomic mass is 10.1. The van der Waals surface area contributed by atoms with Gasteiger partial charge < -0.3 is 15.4 Å². The Morgan fingerprint density at radius 1 is 1.21 bits per heavy atom. The molecule has 0 amide bonds. The number of aliphatic imine (C=N–C) groups is 1. The molecule has 138 valence electrons. The van der Waals surface area contributed by atoms with Crippen molar-refractivity contribution < 1.29 is 4.74 Å². The average molecular weight is 465 g/mol. The first-order valence-electron chi connectivity index (χ1n) is 8.38. The predicted molar refractivity (Wildman–Crippen MR) is 118 cm³/mol. The number of rotatable bonds is 10. The summed E-state index contributed by atoms with van der Waals surface area (Å²) in [4.78, 5) is 4.60. The third-order valence-electron chi connectivity index (χ3n) is 3.50. The van der Waals surface area contributed by atoms with Gasteiger partial charge >= 0.3 is 0 Å². The van der Waals surface area contributed by atoms with Gasteiger partial charge in [-0.25, -0.2) is 0 Å². The molecule has 0 fully saturated rings. The summed E-state index contributed by atoms with van der Waals surface area (Å²) in [6.45, 7) is 9.68. The number of nitrogens with zero attached hydrogens (tertiary/aromatic N) is 1. The number of guanidine groups is 1. The van der Waals surface area contributed by atoms with Crippen LogP contribution in [0.3, 0.4) is 0 Å². The van der Waals surface area contributed by atoms with Gasteiger partial charge in [0.15, 0.2) is 5.96 Å². The minimum atomic E-state index is 0. The van der Waals surface area contributed by atoms with E-state index in [1.165, 1.54) is 5.56 Å². The van der Waals surface area contributed by atoms with Crippen LogP contribution in [0.15, 0.2) is 35.3 Å². The van der Waals surface area contributed by atoms with Gasteiger partial charge in [0.2, 0.25) is 0 Å². The summed E-state index contributed by atoms with van der Waals surface area (Å²) in [6.07, 6.45) is 3.21. The van der Waals surface area contributed by atoms with Crippen molar-refractivity contribution in [1.29, 1.82) is 0 Å². The number of nitrogens with one attached hydrogen (secondary N) is 2. The second-order valence-corrected chi connectivity index (χ2v) is 6.75. The van der Waals surface area contributed by atoms with Crippen molar-refractivity contribution >= 4 is 41.7 Å². The van der Waals surface area contributed by atoms with E-state index in [-0.39, 0.29) is 30.1 Å². The zero-order valence-corrected chi connectivity index (χ0v) is 18.4. The summed E-state index contributed by atoms with van der Waals surface area (Å²) in [5.74, 6) is 0.893. The molecule has 1 rings (SSSR count). The molecule has 2 unspecified atom stereocenters. The first-order chi connectivity index (χ1) is 11.2. The minimum Gasteiger partial charge on any atom is -0.374 e. The molecule has 0 heterocycles. The van der Waals surface area contributed by atoms with Gasteiger partial charge in [-0.2, -0.15) is 11.8 Å². The van der Waals surface area contributed by atoms with Crippen LogP contribution in [0.25, 0.3) is 0 Å². The molecule has 0 spiro atoms. The third kappa shape index (κ3) is 10.4. The standard InChI is InChI=1S/C18H31N3OS.HI/c1-5-19-18(21-14-15(2)23-4)20-12-9-13-22-16(3)17-10-7-6-8-11-17;/h6-8,10-11,15-16H,5,9,12-14H2,1-4H3,(H2,19,20,21);1H. The molecule has 1 aromatic carbocycles. The highest BCUT2D eigenvalue weighted by Crippen LogP contribution is 2.15. The normalized spacial score (nSPS) is 13.8.